The highest BCUT2D eigenvalue weighted by Crippen LogP contribution is 2.24. The molecule has 6 heteroatoms. The van der Waals surface area contributed by atoms with Crippen LogP contribution in [0.1, 0.15) is 5.56 Å². The molecule has 5 nitrogen and oxygen atoms in total. The molecule has 0 fully saturated rings. The van der Waals surface area contributed by atoms with Gasteiger partial charge in [0.25, 0.3) is 0 Å². The number of hydrogen-bond acceptors (Lipinski definition) is 4. The first-order valence-corrected chi connectivity index (χ1v) is 6.41. The van der Waals surface area contributed by atoms with E-state index < -0.39 is 5.97 Å². The molecule has 110 valence electrons. The zero-order chi connectivity index (χ0) is 14.8. The predicted molar refractivity (Wildman–Crippen MR) is 76.3 cm³/mol. The number of aliphatic carboxylic acids is 1. The average molecular weight is 301 g/mol. The molecular formula is C14H17ClO5. The second-order valence-corrected chi connectivity index (χ2v) is 4.24. The lowest BCUT2D eigenvalue weighted by atomic mass is 10.2. The van der Waals surface area contributed by atoms with E-state index in [0.29, 0.717) is 42.8 Å². The molecule has 0 atom stereocenters. The Hall–Kier alpha value is -1.56. The second kappa shape index (κ2) is 9.36. The number of halogens is 1. The molecule has 1 rings (SSSR count). The molecule has 1 aromatic rings. The number of carboxylic acid groups (broad SMARTS) is 1. The summed E-state index contributed by atoms with van der Waals surface area (Å²) in [5, 5.41) is 9.15. The van der Waals surface area contributed by atoms with Crippen LogP contribution in [-0.2, 0) is 14.3 Å². The molecule has 0 aliphatic rings. The van der Waals surface area contributed by atoms with Crippen LogP contribution in [0.4, 0.5) is 0 Å². The van der Waals surface area contributed by atoms with Crippen molar-refractivity contribution in [1.82, 2.24) is 0 Å². The van der Waals surface area contributed by atoms with E-state index in [9.17, 15) is 4.79 Å². The van der Waals surface area contributed by atoms with Crippen LogP contribution in [0.5, 0.6) is 5.75 Å². The van der Waals surface area contributed by atoms with Crippen molar-refractivity contribution in [1.29, 1.82) is 0 Å². The first-order chi connectivity index (χ1) is 9.63. The van der Waals surface area contributed by atoms with Gasteiger partial charge in [0.2, 0.25) is 0 Å². The summed E-state index contributed by atoms with van der Waals surface area (Å²) < 4.78 is 15.7. The van der Waals surface area contributed by atoms with E-state index in [1.54, 1.807) is 25.3 Å². The fourth-order valence-corrected chi connectivity index (χ4v) is 1.58. The van der Waals surface area contributed by atoms with Gasteiger partial charge in [-0.25, -0.2) is 4.79 Å². The van der Waals surface area contributed by atoms with Gasteiger partial charge < -0.3 is 19.3 Å². The average Bonchev–Trinajstić information content (AvgIpc) is 2.42. The summed E-state index contributed by atoms with van der Waals surface area (Å²) in [5.41, 5.74) is 0.608. The van der Waals surface area contributed by atoms with Crippen molar-refractivity contribution >= 4 is 23.6 Å². The summed E-state index contributed by atoms with van der Waals surface area (Å²) in [6, 6.07) is 5.02. The highest BCUT2D eigenvalue weighted by molar-refractivity contribution is 6.30. The smallest absolute Gasteiger partial charge is 0.328 e. The zero-order valence-corrected chi connectivity index (χ0v) is 11.9. The zero-order valence-electron chi connectivity index (χ0n) is 11.2. The summed E-state index contributed by atoms with van der Waals surface area (Å²) in [5.74, 6) is -0.471. The van der Waals surface area contributed by atoms with Gasteiger partial charge in [-0.15, -0.1) is 0 Å². The first-order valence-electron chi connectivity index (χ1n) is 6.03. The number of methoxy groups -OCH3 is 1. The standard InChI is InChI=1S/C14H17ClO5/c1-18-6-7-19-8-9-20-13-4-3-12(15)10-11(13)2-5-14(16)17/h2-5,10H,6-9H2,1H3,(H,16,17). The summed E-state index contributed by atoms with van der Waals surface area (Å²) >= 11 is 5.88. The molecule has 0 heterocycles. The topological polar surface area (TPSA) is 65.0 Å². The number of carbonyl (C=O) groups is 1. The fraction of sp³-hybridized carbons (Fsp3) is 0.357. The molecule has 0 aliphatic heterocycles. The summed E-state index contributed by atoms with van der Waals surface area (Å²) in [4.78, 5) is 10.5. The maximum atomic E-state index is 10.5. The van der Waals surface area contributed by atoms with E-state index in [4.69, 9.17) is 30.9 Å². The van der Waals surface area contributed by atoms with E-state index in [2.05, 4.69) is 0 Å². The van der Waals surface area contributed by atoms with Crippen LogP contribution in [0.2, 0.25) is 5.02 Å². The van der Waals surface area contributed by atoms with Crippen LogP contribution in [0.25, 0.3) is 6.08 Å². The summed E-state index contributed by atoms with van der Waals surface area (Å²) in [6.07, 6.45) is 2.48. The number of hydrogen-bond donors (Lipinski definition) is 1. The molecule has 0 amide bonds. The third-order valence-electron chi connectivity index (χ3n) is 2.29. The van der Waals surface area contributed by atoms with Gasteiger partial charge in [-0.2, -0.15) is 0 Å². The summed E-state index contributed by atoms with van der Waals surface area (Å²) in [7, 11) is 1.61. The molecule has 1 aromatic carbocycles. The molecule has 1 N–H and O–H groups in total. The fourth-order valence-electron chi connectivity index (χ4n) is 1.40. The quantitative estimate of drug-likeness (QED) is 0.560. The molecule has 0 bridgehead atoms. The van der Waals surface area contributed by atoms with Gasteiger partial charge in [0.05, 0.1) is 19.8 Å². The number of carboxylic acids is 1. The van der Waals surface area contributed by atoms with E-state index in [1.165, 1.54) is 6.08 Å². The van der Waals surface area contributed by atoms with Crippen LogP contribution in [0, 0.1) is 0 Å². The third-order valence-corrected chi connectivity index (χ3v) is 2.53. The van der Waals surface area contributed by atoms with E-state index in [0.717, 1.165) is 6.08 Å². The molecule has 0 unspecified atom stereocenters. The van der Waals surface area contributed by atoms with Crippen LogP contribution < -0.4 is 4.74 Å². The Kier molecular flexibility index (Phi) is 7.72. The van der Waals surface area contributed by atoms with Crippen molar-refractivity contribution in [2.24, 2.45) is 0 Å². The van der Waals surface area contributed by atoms with Crippen LogP contribution in [-0.4, -0.2) is 44.6 Å². The number of ether oxygens (including phenoxy) is 3. The number of benzene rings is 1. The van der Waals surface area contributed by atoms with Crippen molar-refractivity contribution in [3.63, 3.8) is 0 Å². The Morgan fingerprint density at radius 2 is 2.05 bits per heavy atom. The summed E-state index contributed by atoms with van der Waals surface area (Å²) in [6.45, 7) is 1.83. The van der Waals surface area contributed by atoms with Crippen molar-refractivity contribution in [2.75, 3.05) is 33.5 Å². The Labute approximate surface area is 122 Å². The van der Waals surface area contributed by atoms with Gasteiger partial charge in [-0.1, -0.05) is 11.6 Å². The second-order valence-electron chi connectivity index (χ2n) is 3.81. The van der Waals surface area contributed by atoms with Crippen LogP contribution >= 0.6 is 11.6 Å². The Morgan fingerprint density at radius 3 is 2.75 bits per heavy atom. The van der Waals surface area contributed by atoms with Gasteiger partial charge >= 0.3 is 5.97 Å². The minimum Gasteiger partial charge on any atom is -0.491 e. The SMILES string of the molecule is COCCOCCOc1ccc(Cl)cc1C=CC(=O)O. The van der Waals surface area contributed by atoms with Crippen molar-refractivity contribution in [3.05, 3.63) is 34.9 Å². The van der Waals surface area contributed by atoms with Gasteiger partial charge in [-0.05, 0) is 24.3 Å². The van der Waals surface area contributed by atoms with Crippen molar-refractivity contribution in [3.8, 4) is 5.75 Å². The van der Waals surface area contributed by atoms with Gasteiger partial charge in [0.1, 0.15) is 12.4 Å². The molecule has 0 aromatic heterocycles. The predicted octanol–water partition coefficient (Wildman–Crippen LogP) is 2.48. The molecular weight excluding hydrogens is 284 g/mol. The Balaban J connectivity index is 2.53. The molecule has 0 spiro atoms. The lowest BCUT2D eigenvalue weighted by Gasteiger charge is -2.10. The van der Waals surface area contributed by atoms with Crippen molar-refractivity contribution in [2.45, 2.75) is 0 Å². The lowest BCUT2D eigenvalue weighted by molar-refractivity contribution is -0.131. The van der Waals surface area contributed by atoms with Crippen molar-refractivity contribution < 1.29 is 24.1 Å². The Morgan fingerprint density at radius 1 is 1.30 bits per heavy atom. The first kappa shape index (κ1) is 16.5. The van der Waals surface area contributed by atoms with Crippen LogP contribution in [0.15, 0.2) is 24.3 Å². The van der Waals surface area contributed by atoms with Gasteiger partial charge in [-0.3, -0.25) is 0 Å². The number of rotatable bonds is 9. The lowest BCUT2D eigenvalue weighted by Crippen LogP contribution is -2.10. The van der Waals surface area contributed by atoms with E-state index in [1.807, 2.05) is 0 Å². The highest BCUT2D eigenvalue weighted by Gasteiger charge is 2.03. The maximum absolute atomic E-state index is 10.5. The van der Waals surface area contributed by atoms with E-state index >= 15 is 0 Å². The van der Waals surface area contributed by atoms with Crippen LogP contribution in [0.3, 0.4) is 0 Å². The normalized spacial score (nSPS) is 10.9. The largest absolute Gasteiger partial charge is 0.491 e. The highest BCUT2D eigenvalue weighted by atomic mass is 35.5. The molecule has 0 saturated carbocycles. The molecule has 0 radical (unpaired) electrons. The maximum Gasteiger partial charge on any atom is 0.328 e. The van der Waals surface area contributed by atoms with E-state index in [-0.39, 0.29) is 0 Å². The van der Waals surface area contributed by atoms with Gasteiger partial charge in [0.15, 0.2) is 0 Å². The monoisotopic (exact) mass is 300 g/mol. The third kappa shape index (κ3) is 6.56. The minimum atomic E-state index is -1.03. The van der Waals surface area contributed by atoms with Gasteiger partial charge in [0, 0.05) is 23.8 Å². The molecule has 0 saturated heterocycles. The minimum absolute atomic E-state index is 0.360. The molecule has 20 heavy (non-hydrogen) atoms. The Bertz CT molecular complexity index is 459. The molecule has 0 aliphatic carbocycles.